The van der Waals surface area contributed by atoms with Crippen LogP contribution < -0.4 is 27.8 Å². The molecule has 25 heavy (non-hydrogen) atoms. The van der Waals surface area contributed by atoms with Crippen molar-refractivity contribution in [3.05, 3.63) is 0 Å². The SMILES string of the molecule is CC(=O)NC1=NC[C@H](N(C)C(=O)C[C@@H](N)CCCN=C(N)N)C(=O)N1. The smallest absolute Gasteiger partial charge is 0.251 e. The first kappa shape index (κ1) is 20.4. The van der Waals surface area contributed by atoms with Gasteiger partial charge in [-0.25, -0.2) is 4.99 Å². The quantitative estimate of drug-likeness (QED) is 0.187. The summed E-state index contributed by atoms with van der Waals surface area (Å²) in [6.45, 7) is 1.83. The zero-order valence-electron chi connectivity index (χ0n) is 14.5. The number of carbonyl (C=O) groups is 3. The van der Waals surface area contributed by atoms with Crippen LogP contribution >= 0.6 is 0 Å². The van der Waals surface area contributed by atoms with Gasteiger partial charge < -0.3 is 22.1 Å². The molecule has 0 radical (unpaired) electrons. The number of likely N-dealkylation sites (N-methyl/N-ethyl adjacent to an activating group) is 1. The first-order valence-corrected chi connectivity index (χ1v) is 7.90. The third kappa shape index (κ3) is 7.16. The molecule has 1 rings (SSSR count). The number of nitrogens with zero attached hydrogens (tertiary/aromatic N) is 3. The summed E-state index contributed by atoms with van der Waals surface area (Å²) in [6, 6.07) is -1.09. The number of aliphatic imine (C=N–C) groups is 2. The predicted octanol–water partition coefficient (Wildman–Crippen LogP) is -2.79. The van der Waals surface area contributed by atoms with Crippen molar-refractivity contribution in [1.82, 2.24) is 15.5 Å². The van der Waals surface area contributed by atoms with E-state index in [-0.39, 0.29) is 42.7 Å². The fraction of sp³-hybridized carbons (Fsp3) is 0.643. The van der Waals surface area contributed by atoms with E-state index >= 15 is 0 Å². The molecule has 0 saturated carbocycles. The molecule has 1 heterocycles. The fourth-order valence-electron chi connectivity index (χ4n) is 2.24. The lowest BCUT2D eigenvalue weighted by atomic mass is 10.1. The highest BCUT2D eigenvalue weighted by molar-refractivity contribution is 6.07. The Bertz CT molecular complexity index is 570. The standard InChI is InChI=1S/C14H26N8O3/c1-8(23)20-14-19-7-10(12(25)21-14)22(2)11(24)6-9(15)4-3-5-18-13(16)17/h9-10H,3-7,15H2,1-2H3,(H4,16,17,18)(H2,19,20,21,23,25)/t9-,10-/m0/s1. The van der Waals surface area contributed by atoms with Crippen LogP contribution in [-0.4, -0.2) is 66.8 Å². The topological polar surface area (TPSA) is 181 Å². The van der Waals surface area contributed by atoms with Crippen LogP contribution in [0.4, 0.5) is 0 Å². The van der Waals surface area contributed by atoms with Crippen LogP contribution in [0.2, 0.25) is 0 Å². The minimum atomic E-state index is -0.737. The number of hydrogen-bond donors (Lipinski definition) is 5. The number of nitrogens with one attached hydrogen (secondary N) is 2. The highest BCUT2D eigenvalue weighted by Crippen LogP contribution is 2.08. The molecule has 0 saturated heterocycles. The van der Waals surface area contributed by atoms with Crippen molar-refractivity contribution in [2.75, 3.05) is 20.1 Å². The summed E-state index contributed by atoms with van der Waals surface area (Å²) in [5.74, 6) is -0.893. The van der Waals surface area contributed by atoms with E-state index in [1.807, 2.05) is 0 Å². The first-order valence-electron chi connectivity index (χ1n) is 7.90. The van der Waals surface area contributed by atoms with Gasteiger partial charge in [-0.2, -0.15) is 0 Å². The maximum atomic E-state index is 12.3. The van der Waals surface area contributed by atoms with Crippen LogP contribution in [0.15, 0.2) is 9.98 Å². The predicted molar refractivity (Wildman–Crippen MR) is 93.3 cm³/mol. The zero-order chi connectivity index (χ0) is 19.0. The van der Waals surface area contributed by atoms with Gasteiger partial charge in [-0.3, -0.25) is 30.0 Å². The Hall–Kier alpha value is -2.69. The van der Waals surface area contributed by atoms with Gasteiger partial charge in [0.2, 0.25) is 17.8 Å². The zero-order valence-corrected chi connectivity index (χ0v) is 14.5. The van der Waals surface area contributed by atoms with Crippen LogP contribution in [0.1, 0.15) is 26.2 Å². The van der Waals surface area contributed by atoms with Crippen molar-refractivity contribution in [3.8, 4) is 0 Å². The maximum absolute atomic E-state index is 12.3. The van der Waals surface area contributed by atoms with Gasteiger partial charge in [0.25, 0.3) is 5.91 Å². The Kier molecular flexibility index (Phi) is 7.79. The van der Waals surface area contributed by atoms with E-state index in [4.69, 9.17) is 17.2 Å². The molecule has 0 aromatic heterocycles. The monoisotopic (exact) mass is 354 g/mol. The molecule has 2 atom stereocenters. The highest BCUT2D eigenvalue weighted by atomic mass is 16.2. The molecule has 8 N–H and O–H groups in total. The van der Waals surface area contributed by atoms with Crippen molar-refractivity contribution in [1.29, 1.82) is 0 Å². The number of carbonyl (C=O) groups excluding carboxylic acids is 3. The van der Waals surface area contributed by atoms with Gasteiger partial charge in [0.05, 0.1) is 6.54 Å². The number of rotatable bonds is 7. The van der Waals surface area contributed by atoms with Gasteiger partial charge >= 0.3 is 0 Å². The molecular formula is C14H26N8O3. The van der Waals surface area contributed by atoms with Crippen molar-refractivity contribution >= 4 is 29.6 Å². The second kappa shape index (κ2) is 9.57. The summed E-state index contributed by atoms with van der Waals surface area (Å²) in [5, 5.41) is 4.85. The summed E-state index contributed by atoms with van der Waals surface area (Å²) in [6.07, 6.45) is 1.34. The molecule has 1 aliphatic heterocycles. The van der Waals surface area contributed by atoms with Gasteiger partial charge in [0.1, 0.15) is 6.04 Å². The van der Waals surface area contributed by atoms with E-state index < -0.39 is 11.9 Å². The Morgan fingerprint density at radius 2 is 2.16 bits per heavy atom. The van der Waals surface area contributed by atoms with Gasteiger partial charge in [-0.05, 0) is 12.8 Å². The average molecular weight is 354 g/mol. The summed E-state index contributed by atoms with van der Waals surface area (Å²) >= 11 is 0. The minimum absolute atomic E-state index is 0.0203. The number of amides is 3. The lowest BCUT2D eigenvalue weighted by molar-refractivity contribution is -0.138. The molecule has 1 aliphatic rings. The normalized spacial score (nSPS) is 17.8. The fourth-order valence-corrected chi connectivity index (χ4v) is 2.24. The molecule has 0 spiro atoms. The largest absolute Gasteiger partial charge is 0.370 e. The Morgan fingerprint density at radius 3 is 2.72 bits per heavy atom. The van der Waals surface area contributed by atoms with Crippen LogP contribution in [0, 0.1) is 0 Å². The summed E-state index contributed by atoms with van der Waals surface area (Å²) in [4.78, 5) is 44.5. The molecule has 0 unspecified atom stereocenters. The van der Waals surface area contributed by atoms with E-state index in [1.165, 1.54) is 18.9 Å². The number of hydrogen-bond acceptors (Lipinski definition) is 6. The maximum Gasteiger partial charge on any atom is 0.251 e. The first-order chi connectivity index (χ1) is 11.7. The third-order valence-electron chi connectivity index (χ3n) is 3.59. The lowest BCUT2D eigenvalue weighted by Crippen LogP contribution is -2.57. The van der Waals surface area contributed by atoms with Gasteiger partial charge in [-0.1, -0.05) is 0 Å². The second-order valence-electron chi connectivity index (χ2n) is 5.79. The summed E-state index contributed by atoms with van der Waals surface area (Å²) in [7, 11) is 1.53. The highest BCUT2D eigenvalue weighted by Gasteiger charge is 2.31. The molecule has 0 aromatic rings. The molecular weight excluding hydrogens is 328 g/mol. The van der Waals surface area contributed by atoms with E-state index in [0.717, 1.165) is 0 Å². The molecule has 0 bridgehead atoms. The van der Waals surface area contributed by atoms with E-state index in [2.05, 4.69) is 20.6 Å². The van der Waals surface area contributed by atoms with Gasteiger partial charge in [-0.15, -0.1) is 0 Å². The summed E-state index contributed by atoms with van der Waals surface area (Å²) in [5.41, 5.74) is 16.4. The number of guanidine groups is 2. The Labute approximate surface area is 146 Å². The average Bonchev–Trinajstić information content (AvgIpc) is 2.50. The van der Waals surface area contributed by atoms with Crippen molar-refractivity contribution in [3.63, 3.8) is 0 Å². The molecule has 0 fully saturated rings. The van der Waals surface area contributed by atoms with E-state index in [0.29, 0.717) is 19.4 Å². The Balaban J connectivity index is 2.48. The van der Waals surface area contributed by atoms with Crippen molar-refractivity contribution in [2.24, 2.45) is 27.2 Å². The molecule has 3 amide bonds. The number of nitrogens with two attached hydrogens (primary N) is 3. The van der Waals surface area contributed by atoms with E-state index in [9.17, 15) is 14.4 Å². The lowest BCUT2D eigenvalue weighted by Gasteiger charge is -2.30. The van der Waals surface area contributed by atoms with Crippen LogP contribution in [0.5, 0.6) is 0 Å². The second-order valence-corrected chi connectivity index (χ2v) is 5.79. The van der Waals surface area contributed by atoms with Crippen LogP contribution in [0.3, 0.4) is 0 Å². The minimum Gasteiger partial charge on any atom is -0.370 e. The van der Waals surface area contributed by atoms with Crippen molar-refractivity contribution < 1.29 is 14.4 Å². The van der Waals surface area contributed by atoms with Crippen LogP contribution in [-0.2, 0) is 14.4 Å². The van der Waals surface area contributed by atoms with E-state index in [1.54, 1.807) is 0 Å². The van der Waals surface area contributed by atoms with Gasteiger partial charge in [0.15, 0.2) is 5.96 Å². The molecule has 0 aliphatic carbocycles. The molecule has 11 nitrogen and oxygen atoms in total. The van der Waals surface area contributed by atoms with Crippen molar-refractivity contribution in [2.45, 2.75) is 38.3 Å². The molecule has 140 valence electrons. The molecule has 11 heteroatoms. The third-order valence-corrected chi connectivity index (χ3v) is 3.59. The molecule has 0 aromatic carbocycles. The Morgan fingerprint density at radius 1 is 1.48 bits per heavy atom. The van der Waals surface area contributed by atoms with Crippen LogP contribution in [0.25, 0.3) is 0 Å². The van der Waals surface area contributed by atoms with Gasteiger partial charge in [0, 0.05) is 33.0 Å². The summed E-state index contributed by atoms with van der Waals surface area (Å²) < 4.78 is 0.